The van der Waals surface area contributed by atoms with Crippen molar-refractivity contribution in [2.45, 2.75) is 45.8 Å². The van der Waals surface area contributed by atoms with Crippen LogP contribution in [-0.2, 0) is 10.9 Å². The number of ether oxygens (including phenoxy) is 1. The number of aryl methyl sites for hydroxylation is 1. The molecule has 1 aliphatic rings. The molecule has 1 saturated heterocycles. The van der Waals surface area contributed by atoms with E-state index in [1.54, 1.807) is 43.6 Å². The van der Waals surface area contributed by atoms with E-state index in [4.69, 9.17) is 9.15 Å². The van der Waals surface area contributed by atoms with Crippen LogP contribution >= 0.6 is 0 Å². The fourth-order valence-corrected chi connectivity index (χ4v) is 3.96. The lowest BCUT2D eigenvalue weighted by Gasteiger charge is -2.26. The highest BCUT2D eigenvalue weighted by Crippen LogP contribution is 2.40. The van der Waals surface area contributed by atoms with Crippen molar-refractivity contribution in [1.82, 2.24) is 14.5 Å². The number of nitrogens with zero attached hydrogens (tertiary/aromatic N) is 3. The van der Waals surface area contributed by atoms with Crippen LogP contribution in [-0.4, -0.2) is 27.7 Å². The summed E-state index contributed by atoms with van der Waals surface area (Å²) in [6.07, 6.45) is 0.289. The van der Waals surface area contributed by atoms with Gasteiger partial charge < -0.3 is 13.7 Å². The highest BCUT2D eigenvalue weighted by Gasteiger charge is 2.36. The van der Waals surface area contributed by atoms with Crippen LogP contribution in [0, 0.1) is 6.92 Å². The first-order valence-corrected chi connectivity index (χ1v) is 9.61. The van der Waals surface area contributed by atoms with Crippen molar-refractivity contribution in [2.75, 3.05) is 13.2 Å². The Morgan fingerprint density at radius 2 is 1.83 bits per heavy atom. The van der Waals surface area contributed by atoms with E-state index in [-0.39, 0.29) is 23.0 Å². The minimum atomic E-state index is -4.53. The lowest BCUT2D eigenvalue weighted by atomic mass is 10.0. The van der Waals surface area contributed by atoms with Gasteiger partial charge in [-0.15, -0.1) is 0 Å². The molecule has 0 aliphatic carbocycles. The summed E-state index contributed by atoms with van der Waals surface area (Å²) in [6, 6.07) is 2.67. The number of imidazole rings is 1. The number of fused-ring (bicyclic) bond motifs is 1. The first kappa shape index (κ1) is 19.7. The minimum Gasteiger partial charge on any atom is -0.436 e. The van der Waals surface area contributed by atoms with Crippen molar-refractivity contribution < 1.29 is 22.3 Å². The molecule has 0 unspecified atom stereocenters. The lowest BCUT2D eigenvalue weighted by molar-refractivity contribution is -0.136. The van der Waals surface area contributed by atoms with Crippen LogP contribution in [0.5, 0.6) is 0 Å². The zero-order valence-electron chi connectivity index (χ0n) is 16.5. The average Bonchev–Trinajstić information content (AvgIpc) is 3.26. The topological polar surface area (TPSA) is 53.1 Å². The molecule has 0 atom stereocenters. The van der Waals surface area contributed by atoms with E-state index in [0.717, 1.165) is 6.07 Å². The number of rotatable bonds is 2. The maximum Gasteiger partial charge on any atom is 0.418 e. The summed E-state index contributed by atoms with van der Waals surface area (Å²) in [6.45, 7) is 6.41. The zero-order valence-corrected chi connectivity index (χ0v) is 16.5. The van der Waals surface area contributed by atoms with Crippen LogP contribution in [0.3, 0.4) is 0 Å². The molecule has 154 valence electrons. The summed E-state index contributed by atoms with van der Waals surface area (Å²) in [4.78, 5) is 8.80. The fourth-order valence-electron chi connectivity index (χ4n) is 3.96. The molecule has 0 amide bonds. The van der Waals surface area contributed by atoms with Gasteiger partial charge in [-0.1, -0.05) is 6.08 Å². The van der Waals surface area contributed by atoms with Gasteiger partial charge in [0.2, 0.25) is 5.89 Å². The second-order valence-corrected chi connectivity index (χ2v) is 7.11. The smallest absolute Gasteiger partial charge is 0.418 e. The average molecular weight is 405 g/mol. The number of hydrogen-bond acceptors (Lipinski definition) is 4. The van der Waals surface area contributed by atoms with E-state index in [2.05, 4.69) is 9.97 Å². The standard InChI is InChI=1S/C21H22F3N3O2/c1-4-16-18(5-2)29-20(26-16)13-10-15(21(22,23)24)19-17(11-13)25-12(3)27(19)14-6-8-28-9-7-14/h4-5,10-11,14H,6-9H2,1-3H3/b16-4+,18-5+. The Kier molecular flexibility index (Phi) is 4.98. The van der Waals surface area contributed by atoms with E-state index in [9.17, 15) is 13.2 Å². The Bertz CT molecular complexity index is 1140. The van der Waals surface area contributed by atoms with Crippen LogP contribution < -0.4 is 10.8 Å². The van der Waals surface area contributed by atoms with Gasteiger partial charge in [0.05, 0.1) is 16.6 Å². The molecule has 3 heterocycles. The molecule has 2 aromatic heterocycles. The van der Waals surface area contributed by atoms with Crippen molar-refractivity contribution in [1.29, 1.82) is 0 Å². The van der Waals surface area contributed by atoms with E-state index in [1.165, 1.54) is 0 Å². The normalized spacial score (nSPS) is 17.6. The van der Waals surface area contributed by atoms with Crippen LogP contribution in [0.2, 0.25) is 0 Å². The van der Waals surface area contributed by atoms with Crippen molar-refractivity contribution in [3.8, 4) is 11.5 Å². The highest BCUT2D eigenvalue weighted by molar-refractivity contribution is 5.85. The molecule has 5 nitrogen and oxygen atoms in total. The SMILES string of the molecule is C/C=c1/nc(-c2cc(C(F)(F)F)c3c(c2)nc(C)n3C2CCOCC2)o/c1=C/C. The summed E-state index contributed by atoms with van der Waals surface area (Å²) in [7, 11) is 0. The quantitative estimate of drug-likeness (QED) is 0.647. The minimum absolute atomic E-state index is 0.0648. The molecule has 1 fully saturated rings. The monoisotopic (exact) mass is 405 g/mol. The molecular formula is C21H22F3N3O2. The van der Waals surface area contributed by atoms with Crippen LogP contribution in [0.1, 0.15) is 44.1 Å². The summed E-state index contributed by atoms with van der Waals surface area (Å²) >= 11 is 0. The predicted molar refractivity (Wildman–Crippen MR) is 104 cm³/mol. The Morgan fingerprint density at radius 3 is 2.41 bits per heavy atom. The summed E-state index contributed by atoms with van der Waals surface area (Å²) < 4.78 is 55.0. The summed E-state index contributed by atoms with van der Waals surface area (Å²) in [5.41, 5.74) is 0.472. The van der Waals surface area contributed by atoms with Crippen molar-refractivity contribution in [3.63, 3.8) is 0 Å². The van der Waals surface area contributed by atoms with E-state index in [0.29, 0.717) is 48.2 Å². The van der Waals surface area contributed by atoms with Crippen molar-refractivity contribution >= 4 is 23.2 Å². The van der Waals surface area contributed by atoms with Gasteiger partial charge in [-0.05, 0) is 51.8 Å². The van der Waals surface area contributed by atoms with Gasteiger partial charge in [0, 0.05) is 24.8 Å². The van der Waals surface area contributed by atoms with Gasteiger partial charge in [0.15, 0.2) is 5.42 Å². The number of hydrogen-bond donors (Lipinski definition) is 0. The van der Waals surface area contributed by atoms with Gasteiger partial charge in [0.1, 0.15) is 11.2 Å². The first-order chi connectivity index (χ1) is 13.8. The molecule has 0 radical (unpaired) electrons. The number of aromatic nitrogens is 3. The molecule has 0 spiro atoms. The molecule has 0 bridgehead atoms. The van der Waals surface area contributed by atoms with Crippen LogP contribution in [0.25, 0.3) is 34.6 Å². The number of halogens is 3. The molecule has 29 heavy (non-hydrogen) atoms. The third kappa shape index (κ3) is 3.46. The highest BCUT2D eigenvalue weighted by atomic mass is 19.4. The first-order valence-electron chi connectivity index (χ1n) is 9.61. The number of alkyl halides is 3. The Labute approximate surface area is 165 Å². The number of benzene rings is 1. The van der Waals surface area contributed by atoms with Gasteiger partial charge in [-0.25, -0.2) is 9.97 Å². The molecule has 0 N–H and O–H groups in total. The Morgan fingerprint density at radius 1 is 1.10 bits per heavy atom. The summed E-state index contributed by atoms with van der Waals surface area (Å²) in [5, 5.41) is 0.597. The van der Waals surface area contributed by atoms with Gasteiger partial charge in [-0.2, -0.15) is 13.2 Å². The molecule has 8 heteroatoms. The fraction of sp³-hybridized carbons (Fsp3) is 0.429. The maximum atomic E-state index is 14.1. The third-order valence-electron chi connectivity index (χ3n) is 5.29. The second kappa shape index (κ2) is 7.33. The van der Waals surface area contributed by atoms with E-state index < -0.39 is 11.7 Å². The van der Waals surface area contributed by atoms with Crippen LogP contribution in [0.4, 0.5) is 13.2 Å². The van der Waals surface area contributed by atoms with Crippen LogP contribution in [0.15, 0.2) is 16.5 Å². The van der Waals surface area contributed by atoms with Gasteiger partial charge in [-0.3, -0.25) is 0 Å². The molecule has 4 rings (SSSR count). The van der Waals surface area contributed by atoms with Crippen molar-refractivity contribution in [3.05, 3.63) is 34.3 Å². The lowest BCUT2D eigenvalue weighted by Crippen LogP contribution is -2.21. The molecule has 0 saturated carbocycles. The Balaban J connectivity index is 1.98. The predicted octanol–water partition coefficient (Wildman–Crippen LogP) is 3.97. The van der Waals surface area contributed by atoms with Gasteiger partial charge in [0.25, 0.3) is 0 Å². The summed E-state index contributed by atoms with van der Waals surface area (Å²) in [5.74, 6) is 0.712. The van der Waals surface area contributed by atoms with E-state index >= 15 is 0 Å². The Hall–Kier alpha value is -2.61. The zero-order chi connectivity index (χ0) is 20.8. The maximum absolute atomic E-state index is 14.1. The molecular weight excluding hydrogens is 383 g/mol. The second-order valence-electron chi connectivity index (χ2n) is 7.11. The molecule has 3 aromatic rings. The third-order valence-corrected chi connectivity index (χ3v) is 5.29. The molecule has 1 aliphatic heterocycles. The largest absolute Gasteiger partial charge is 0.436 e. The molecule has 1 aromatic carbocycles. The number of oxazole rings is 1. The van der Waals surface area contributed by atoms with Crippen molar-refractivity contribution in [2.24, 2.45) is 0 Å². The van der Waals surface area contributed by atoms with Gasteiger partial charge >= 0.3 is 6.18 Å². The van der Waals surface area contributed by atoms with E-state index in [1.807, 2.05) is 0 Å².